The zero-order valence-electron chi connectivity index (χ0n) is 13.7. The Morgan fingerprint density at radius 2 is 1.76 bits per heavy atom. The quantitative estimate of drug-likeness (QED) is 0.567. The van der Waals surface area contributed by atoms with Crippen LogP contribution in [0.3, 0.4) is 0 Å². The van der Waals surface area contributed by atoms with Crippen LogP contribution in [0.25, 0.3) is 10.8 Å². The molecule has 0 heterocycles. The largest absolute Gasteiger partial charge is 0.507 e. The smallest absolute Gasteiger partial charge is 0.275 e. The van der Waals surface area contributed by atoms with Gasteiger partial charge in [0.15, 0.2) is 0 Å². The van der Waals surface area contributed by atoms with Gasteiger partial charge in [-0.05, 0) is 64.9 Å². The SMILES string of the molecule is O=C(N/N=C\c1ccc2c(c1)CCC2)c1cc2ccccc2cc1O. The van der Waals surface area contributed by atoms with Crippen LogP contribution in [0.2, 0.25) is 0 Å². The van der Waals surface area contributed by atoms with E-state index in [1.807, 2.05) is 30.3 Å². The molecule has 0 bridgehead atoms. The van der Waals surface area contributed by atoms with Crippen molar-refractivity contribution in [1.82, 2.24) is 5.43 Å². The molecule has 0 fully saturated rings. The number of hydrazone groups is 1. The molecule has 1 aliphatic rings. The third-order valence-corrected chi connectivity index (χ3v) is 4.61. The number of nitrogens with one attached hydrogen (secondary N) is 1. The number of phenolic OH excluding ortho intramolecular Hbond substituents is 1. The lowest BCUT2D eigenvalue weighted by Crippen LogP contribution is -2.17. The lowest BCUT2D eigenvalue weighted by atomic mass is 10.1. The topological polar surface area (TPSA) is 61.7 Å². The van der Waals surface area contributed by atoms with E-state index >= 15 is 0 Å². The molecule has 3 aromatic rings. The van der Waals surface area contributed by atoms with Crippen LogP contribution in [0.1, 0.15) is 33.5 Å². The first kappa shape index (κ1) is 15.4. The summed E-state index contributed by atoms with van der Waals surface area (Å²) in [6, 6.07) is 17.1. The van der Waals surface area contributed by atoms with E-state index in [2.05, 4.69) is 22.7 Å². The molecule has 4 nitrogen and oxygen atoms in total. The highest BCUT2D eigenvalue weighted by atomic mass is 16.3. The van der Waals surface area contributed by atoms with Crippen molar-refractivity contribution in [2.45, 2.75) is 19.3 Å². The number of aromatic hydroxyl groups is 1. The summed E-state index contributed by atoms with van der Waals surface area (Å²) in [6.45, 7) is 0. The molecule has 0 spiro atoms. The predicted molar refractivity (Wildman–Crippen MR) is 99.1 cm³/mol. The number of fused-ring (bicyclic) bond motifs is 2. The summed E-state index contributed by atoms with van der Waals surface area (Å²) in [4.78, 5) is 12.3. The first-order chi connectivity index (χ1) is 12.2. The van der Waals surface area contributed by atoms with E-state index in [1.165, 1.54) is 17.5 Å². The van der Waals surface area contributed by atoms with Gasteiger partial charge in [-0.15, -0.1) is 0 Å². The van der Waals surface area contributed by atoms with Gasteiger partial charge in [-0.3, -0.25) is 4.79 Å². The molecule has 4 heteroatoms. The summed E-state index contributed by atoms with van der Waals surface area (Å²) in [5, 5.41) is 15.9. The minimum absolute atomic E-state index is 0.0519. The highest BCUT2D eigenvalue weighted by Crippen LogP contribution is 2.25. The minimum Gasteiger partial charge on any atom is -0.507 e. The van der Waals surface area contributed by atoms with Crippen molar-refractivity contribution >= 4 is 22.9 Å². The van der Waals surface area contributed by atoms with E-state index in [0.717, 1.165) is 29.2 Å². The minimum atomic E-state index is -0.430. The first-order valence-corrected chi connectivity index (χ1v) is 8.38. The molecular weight excluding hydrogens is 312 g/mol. The Morgan fingerprint density at radius 3 is 2.60 bits per heavy atom. The Bertz CT molecular complexity index is 992. The normalized spacial score (nSPS) is 13.3. The number of rotatable bonds is 3. The van der Waals surface area contributed by atoms with E-state index < -0.39 is 5.91 Å². The fraction of sp³-hybridized carbons (Fsp3) is 0.143. The molecule has 0 saturated heterocycles. The second-order valence-electron chi connectivity index (χ2n) is 6.30. The van der Waals surface area contributed by atoms with Crippen LogP contribution in [0.4, 0.5) is 0 Å². The zero-order chi connectivity index (χ0) is 17.2. The summed E-state index contributed by atoms with van der Waals surface area (Å²) >= 11 is 0. The standard InChI is InChI=1S/C21H18N2O2/c24-20-12-18-5-2-1-4-17(18)11-19(20)21(25)23-22-13-14-8-9-15-6-3-7-16(15)10-14/h1-2,4-5,8-13,24H,3,6-7H2,(H,23,25)/b22-13-. The van der Waals surface area contributed by atoms with Crippen molar-refractivity contribution in [3.05, 3.63) is 76.9 Å². The van der Waals surface area contributed by atoms with Gasteiger partial charge in [-0.25, -0.2) is 5.43 Å². The Kier molecular flexibility index (Phi) is 3.94. The number of amides is 1. The maximum atomic E-state index is 12.3. The summed E-state index contributed by atoms with van der Waals surface area (Å²) < 4.78 is 0. The van der Waals surface area contributed by atoms with E-state index in [0.29, 0.717) is 0 Å². The molecule has 1 amide bonds. The van der Waals surface area contributed by atoms with Gasteiger partial charge in [0, 0.05) is 0 Å². The number of carbonyl (C=O) groups excluding carboxylic acids is 1. The number of benzene rings is 3. The number of aryl methyl sites for hydroxylation is 2. The molecule has 124 valence electrons. The van der Waals surface area contributed by atoms with Crippen molar-refractivity contribution in [2.75, 3.05) is 0 Å². The lowest BCUT2D eigenvalue weighted by Gasteiger charge is -2.06. The van der Waals surface area contributed by atoms with Gasteiger partial charge in [0.1, 0.15) is 5.75 Å². The van der Waals surface area contributed by atoms with Crippen LogP contribution in [0.5, 0.6) is 5.75 Å². The average Bonchev–Trinajstić information content (AvgIpc) is 3.09. The third kappa shape index (κ3) is 3.11. The van der Waals surface area contributed by atoms with Crippen LogP contribution >= 0.6 is 0 Å². The Hall–Kier alpha value is -3.14. The molecule has 0 unspecified atom stereocenters. The van der Waals surface area contributed by atoms with Crippen molar-refractivity contribution in [1.29, 1.82) is 0 Å². The fourth-order valence-corrected chi connectivity index (χ4v) is 3.31. The number of carbonyl (C=O) groups is 1. The van der Waals surface area contributed by atoms with Crippen molar-refractivity contribution in [2.24, 2.45) is 5.10 Å². The molecule has 0 saturated carbocycles. The molecule has 4 rings (SSSR count). The van der Waals surface area contributed by atoms with Crippen LogP contribution in [0, 0.1) is 0 Å². The number of nitrogens with zero attached hydrogens (tertiary/aromatic N) is 1. The monoisotopic (exact) mass is 330 g/mol. The van der Waals surface area contributed by atoms with Crippen LogP contribution in [-0.2, 0) is 12.8 Å². The summed E-state index contributed by atoms with van der Waals surface area (Å²) in [6.07, 6.45) is 5.08. The second-order valence-corrected chi connectivity index (χ2v) is 6.30. The van der Waals surface area contributed by atoms with Gasteiger partial charge in [0.2, 0.25) is 0 Å². The Balaban J connectivity index is 1.51. The van der Waals surface area contributed by atoms with Gasteiger partial charge in [0.25, 0.3) is 5.91 Å². The van der Waals surface area contributed by atoms with E-state index in [1.54, 1.807) is 18.3 Å². The lowest BCUT2D eigenvalue weighted by molar-refractivity contribution is 0.0952. The molecular formula is C21H18N2O2. The maximum absolute atomic E-state index is 12.3. The van der Waals surface area contributed by atoms with Crippen molar-refractivity contribution in [3.63, 3.8) is 0 Å². The molecule has 0 aliphatic heterocycles. The Morgan fingerprint density at radius 1 is 1.00 bits per heavy atom. The molecule has 1 aliphatic carbocycles. The van der Waals surface area contributed by atoms with Crippen LogP contribution < -0.4 is 5.43 Å². The van der Waals surface area contributed by atoms with Crippen LogP contribution in [0.15, 0.2) is 59.7 Å². The predicted octanol–water partition coefficient (Wildman–Crippen LogP) is 3.80. The molecule has 3 aromatic carbocycles. The first-order valence-electron chi connectivity index (χ1n) is 8.38. The Labute approximate surface area is 145 Å². The van der Waals surface area contributed by atoms with Crippen LogP contribution in [-0.4, -0.2) is 17.2 Å². The molecule has 25 heavy (non-hydrogen) atoms. The molecule has 0 radical (unpaired) electrons. The summed E-state index contributed by atoms with van der Waals surface area (Å²) in [7, 11) is 0. The maximum Gasteiger partial charge on any atom is 0.275 e. The number of hydrogen-bond donors (Lipinski definition) is 2. The fourth-order valence-electron chi connectivity index (χ4n) is 3.31. The third-order valence-electron chi connectivity index (χ3n) is 4.61. The molecule has 0 atom stereocenters. The molecule has 0 aromatic heterocycles. The number of hydrogen-bond acceptors (Lipinski definition) is 3. The van der Waals surface area contributed by atoms with Gasteiger partial charge >= 0.3 is 0 Å². The highest BCUT2D eigenvalue weighted by molar-refractivity contribution is 6.01. The van der Waals surface area contributed by atoms with Crippen molar-refractivity contribution in [3.8, 4) is 5.75 Å². The number of phenols is 1. The van der Waals surface area contributed by atoms with Gasteiger partial charge in [0.05, 0.1) is 11.8 Å². The van der Waals surface area contributed by atoms with Crippen molar-refractivity contribution < 1.29 is 9.90 Å². The van der Waals surface area contributed by atoms with E-state index in [4.69, 9.17) is 0 Å². The zero-order valence-corrected chi connectivity index (χ0v) is 13.7. The van der Waals surface area contributed by atoms with Gasteiger partial charge in [-0.2, -0.15) is 5.10 Å². The van der Waals surface area contributed by atoms with E-state index in [-0.39, 0.29) is 11.3 Å². The summed E-state index contributed by atoms with van der Waals surface area (Å²) in [5.74, 6) is -0.482. The highest BCUT2D eigenvalue weighted by Gasteiger charge is 2.12. The second kappa shape index (κ2) is 6.40. The average molecular weight is 330 g/mol. The van der Waals surface area contributed by atoms with Gasteiger partial charge in [-0.1, -0.05) is 36.4 Å². The van der Waals surface area contributed by atoms with Gasteiger partial charge < -0.3 is 5.11 Å². The summed E-state index contributed by atoms with van der Waals surface area (Å²) in [5.41, 5.74) is 6.43. The molecule has 2 N–H and O–H groups in total. The van der Waals surface area contributed by atoms with E-state index in [9.17, 15) is 9.90 Å².